The van der Waals surface area contributed by atoms with E-state index in [1.54, 1.807) is 0 Å². The Morgan fingerprint density at radius 1 is 0.301 bits per heavy atom. The zero-order valence-corrected chi connectivity index (χ0v) is 59.7. The van der Waals surface area contributed by atoms with Gasteiger partial charge in [0.25, 0.3) is 0 Å². The number of esters is 3. The average molecular weight is 1350 g/mol. The summed E-state index contributed by atoms with van der Waals surface area (Å²) in [5, 5.41) is 20.6. The lowest BCUT2D eigenvalue weighted by atomic mass is 10.1. The molecule has 0 rings (SSSR count). The molecule has 534 valence electrons. The smallest absolute Gasteiger partial charge is 0.463 e. The predicted octanol–water partition coefficient (Wildman–Crippen LogP) is 20.2. The van der Waals surface area contributed by atoms with Gasteiger partial charge in [-0.25, -0.2) is 9.13 Å². The highest BCUT2D eigenvalue weighted by molar-refractivity contribution is 7.47. The van der Waals surface area contributed by atoms with Crippen LogP contribution < -0.4 is 0 Å². The normalized spacial score (nSPS) is 14.9. The van der Waals surface area contributed by atoms with Gasteiger partial charge in [0, 0.05) is 19.3 Å². The van der Waals surface area contributed by atoms with E-state index in [1.807, 2.05) is 0 Å². The fraction of sp³-hybridized carbons (Fsp3) is 0.693. The van der Waals surface area contributed by atoms with Crippen molar-refractivity contribution < 1.29 is 75.8 Å². The molecule has 0 aliphatic rings. The van der Waals surface area contributed by atoms with Gasteiger partial charge >= 0.3 is 33.6 Å². The number of carbonyl (C=O) groups is 3. The molecule has 93 heavy (non-hydrogen) atoms. The minimum Gasteiger partial charge on any atom is -0.463 e. The Kier molecular flexibility index (Phi) is 65.0. The van der Waals surface area contributed by atoms with Crippen LogP contribution in [0.1, 0.15) is 278 Å². The van der Waals surface area contributed by atoms with Crippen molar-refractivity contribution in [1.82, 2.24) is 0 Å². The van der Waals surface area contributed by atoms with Gasteiger partial charge in [-0.2, -0.15) is 0 Å². The summed E-state index contributed by atoms with van der Waals surface area (Å²) in [6, 6.07) is 0. The Bertz CT molecular complexity index is 2180. The molecule has 0 spiro atoms. The van der Waals surface area contributed by atoms with Gasteiger partial charge in [-0.1, -0.05) is 245 Å². The summed E-state index contributed by atoms with van der Waals surface area (Å²) >= 11 is 0. The summed E-state index contributed by atoms with van der Waals surface area (Å²) in [5.41, 5.74) is 0. The summed E-state index contributed by atoms with van der Waals surface area (Å²) in [4.78, 5) is 58.4. The van der Waals surface area contributed by atoms with E-state index >= 15 is 0 Å². The summed E-state index contributed by atoms with van der Waals surface area (Å²) in [7, 11) is -9.80. The summed E-state index contributed by atoms with van der Waals surface area (Å²) in [6.07, 6.45) is 78.1. The van der Waals surface area contributed by atoms with E-state index in [1.165, 1.54) is 51.4 Å². The SMILES string of the molecule is CCC/C=C\C/C=C\CCCCCCCC(=O)OC(COC(=O)CCCCCCC/C=C\C/C=C\C/C=C\C/C=C\CCCCC)COP(=O)(O)OCC(O)COP(=O)(O)OCC(O)COC(=O)CCCCCCCCC/C=C\C/C=C\C/C=C\C/C=C\CCCCC. The maximum Gasteiger partial charge on any atom is 0.472 e. The topological polar surface area (TPSA) is 231 Å². The van der Waals surface area contributed by atoms with Gasteiger partial charge < -0.3 is 34.2 Å². The van der Waals surface area contributed by atoms with Crippen LogP contribution >= 0.6 is 15.6 Å². The highest BCUT2D eigenvalue weighted by atomic mass is 31.2. The first-order chi connectivity index (χ1) is 45.2. The molecule has 4 N–H and O–H groups in total. The molecule has 0 aliphatic carbocycles. The molecule has 0 aliphatic heterocycles. The lowest BCUT2D eigenvalue weighted by Crippen LogP contribution is -2.30. The van der Waals surface area contributed by atoms with Crippen LogP contribution in [0.15, 0.2) is 122 Å². The molecule has 0 bridgehead atoms. The Morgan fingerprint density at radius 2 is 0.559 bits per heavy atom. The molecule has 0 amide bonds. The van der Waals surface area contributed by atoms with Crippen molar-refractivity contribution >= 4 is 33.6 Å². The quantitative estimate of drug-likeness (QED) is 0.0146. The number of allylic oxidation sites excluding steroid dienone is 20. The lowest BCUT2D eigenvalue weighted by molar-refractivity contribution is -0.161. The third kappa shape index (κ3) is 69.1. The van der Waals surface area contributed by atoms with E-state index in [0.29, 0.717) is 19.3 Å². The van der Waals surface area contributed by atoms with Gasteiger partial charge in [-0.15, -0.1) is 0 Å². The minimum atomic E-state index is -4.94. The van der Waals surface area contributed by atoms with E-state index in [4.69, 9.17) is 32.3 Å². The van der Waals surface area contributed by atoms with Crippen LogP contribution in [0, 0.1) is 0 Å². The number of phosphoric ester groups is 2. The highest BCUT2D eigenvalue weighted by Crippen LogP contribution is 2.45. The van der Waals surface area contributed by atoms with Gasteiger partial charge in [-0.3, -0.25) is 32.5 Å². The summed E-state index contributed by atoms with van der Waals surface area (Å²) in [5.74, 6) is -1.63. The van der Waals surface area contributed by atoms with E-state index in [2.05, 4.69) is 142 Å². The van der Waals surface area contributed by atoms with Crippen LogP contribution in [0.25, 0.3) is 0 Å². The molecule has 0 saturated heterocycles. The third-order valence-electron chi connectivity index (χ3n) is 14.6. The number of ether oxygens (including phenoxy) is 3. The van der Waals surface area contributed by atoms with Crippen LogP contribution in [-0.4, -0.2) is 95.9 Å². The molecule has 5 unspecified atom stereocenters. The Balaban J connectivity index is 4.64. The van der Waals surface area contributed by atoms with Crippen LogP contribution in [-0.2, 0) is 55.8 Å². The van der Waals surface area contributed by atoms with Crippen molar-refractivity contribution in [3.63, 3.8) is 0 Å². The number of phosphoric acid groups is 2. The zero-order valence-electron chi connectivity index (χ0n) is 57.9. The van der Waals surface area contributed by atoms with Gasteiger partial charge in [-0.05, 0) is 135 Å². The molecule has 5 atom stereocenters. The first kappa shape index (κ1) is 89.0. The van der Waals surface area contributed by atoms with Crippen molar-refractivity contribution in [3.05, 3.63) is 122 Å². The Labute approximate surface area is 563 Å². The molecule has 0 radical (unpaired) electrons. The molecule has 0 aromatic carbocycles. The number of hydrogen-bond donors (Lipinski definition) is 4. The van der Waals surface area contributed by atoms with Crippen molar-refractivity contribution in [2.24, 2.45) is 0 Å². The van der Waals surface area contributed by atoms with Gasteiger partial charge in [0.15, 0.2) is 6.10 Å². The van der Waals surface area contributed by atoms with Crippen LogP contribution in [0.4, 0.5) is 0 Å². The second-order valence-corrected chi connectivity index (χ2v) is 26.6. The first-order valence-electron chi connectivity index (χ1n) is 35.8. The van der Waals surface area contributed by atoms with Crippen LogP contribution in [0.3, 0.4) is 0 Å². The Morgan fingerprint density at radius 3 is 0.892 bits per heavy atom. The molecule has 0 saturated carbocycles. The molecular formula is C75H128O16P2. The monoisotopic (exact) mass is 1350 g/mol. The number of unbranched alkanes of at least 4 members (excludes halogenated alkanes) is 24. The highest BCUT2D eigenvalue weighted by Gasteiger charge is 2.29. The number of aliphatic hydroxyl groups is 2. The first-order valence-corrected chi connectivity index (χ1v) is 38.8. The number of aliphatic hydroxyl groups excluding tert-OH is 2. The second kappa shape index (κ2) is 67.9. The van der Waals surface area contributed by atoms with Crippen molar-refractivity contribution in [2.45, 2.75) is 296 Å². The second-order valence-electron chi connectivity index (χ2n) is 23.7. The van der Waals surface area contributed by atoms with E-state index in [-0.39, 0.29) is 19.3 Å². The van der Waals surface area contributed by atoms with E-state index < -0.39 is 91.5 Å². The number of rotatable bonds is 67. The maximum absolute atomic E-state index is 12.9. The Hall–Kier alpha value is -4.05. The minimum absolute atomic E-state index is 0.0807. The van der Waals surface area contributed by atoms with Crippen molar-refractivity contribution in [1.29, 1.82) is 0 Å². The van der Waals surface area contributed by atoms with Gasteiger partial charge in [0.05, 0.1) is 26.4 Å². The van der Waals surface area contributed by atoms with Crippen LogP contribution in [0.2, 0.25) is 0 Å². The summed E-state index contributed by atoms with van der Waals surface area (Å²) in [6.45, 7) is 2.49. The van der Waals surface area contributed by atoms with E-state index in [0.717, 1.165) is 167 Å². The summed E-state index contributed by atoms with van der Waals surface area (Å²) < 4.78 is 60.9. The molecule has 18 heteroatoms. The number of carbonyl (C=O) groups excluding carboxylic acids is 3. The van der Waals surface area contributed by atoms with E-state index in [9.17, 15) is 43.5 Å². The zero-order chi connectivity index (χ0) is 68.1. The van der Waals surface area contributed by atoms with Gasteiger partial charge in [0.2, 0.25) is 0 Å². The molecular weight excluding hydrogens is 1220 g/mol. The standard InChI is InChI=1S/C75H128O16P2/c1-4-7-10-13-16-19-22-25-27-29-31-33-34-36-38-39-41-44-46-49-52-55-58-61-73(78)85-64-70(76)65-87-92(81,82)88-66-71(77)67-89-93(83,84)90-69-72(91-75(80)63-60-57-54-51-48-43-24-21-18-15-12-9-6-3)68-86-74(79)62-59-56-53-50-47-45-42-40-37-35-32-30-28-26-23-20-17-14-11-8-5-2/h12,15-17,19-21,24-28,31-33,35-36,38,40,42,70-72,76-77H,4-11,13-14,18,22-23,29-30,34,37,39,41,43-69H2,1-3H3,(H,81,82)(H,83,84)/b15-12-,19-16-,20-17-,24-21-,27-25-,28-26-,33-31-,35-32-,38-36-,42-40-. The van der Waals surface area contributed by atoms with Crippen molar-refractivity contribution in [3.8, 4) is 0 Å². The molecule has 0 heterocycles. The molecule has 0 fully saturated rings. The maximum atomic E-state index is 12.9. The lowest BCUT2D eigenvalue weighted by Gasteiger charge is -2.21. The average Bonchev–Trinajstić information content (AvgIpc) is 3.56. The molecule has 0 aromatic rings. The molecule has 0 aromatic heterocycles. The fourth-order valence-electron chi connectivity index (χ4n) is 9.10. The molecule has 16 nitrogen and oxygen atoms in total. The predicted molar refractivity (Wildman–Crippen MR) is 380 cm³/mol. The number of hydrogen-bond acceptors (Lipinski definition) is 14. The van der Waals surface area contributed by atoms with Crippen molar-refractivity contribution in [2.75, 3.05) is 39.6 Å². The van der Waals surface area contributed by atoms with Gasteiger partial charge in [0.1, 0.15) is 25.4 Å². The third-order valence-corrected chi connectivity index (χ3v) is 16.5. The fourth-order valence-corrected chi connectivity index (χ4v) is 10.7. The van der Waals surface area contributed by atoms with Crippen LogP contribution in [0.5, 0.6) is 0 Å². The largest absolute Gasteiger partial charge is 0.472 e.